The predicted octanol–water partition coefficient (Wildman–Crippen LogP) is 0.643. The summed E-state index contributed by atoms with van der Waals surface area (Å²) in [6, 6.07) is 0. The molecule has 0 fully saturated rings. The molecule has 0 atom stereocenters. The lowest BCUT2D eigenvalue weighted by atomic mass is 10.4. The molecule has 108 valence electrons. The molecule has 0 aliphatic rings. The molecule has 0 unspecified atom stereocenters. The zero-order valence-electron chi connectivity index (χ0n) is 11.7. The van der Waals surface area contributed by atoms with E-state index in [2.05, 4.69) is 30.7 Å². The molecule has 0 saturated carbocycles. The zero-order chi connectivity index (χ0) is 14.5. The monoisotopic (exact) mass is 294 g/mol. The van der Waals surface area contributed by atoms with Crippen molar-refractivity contribution in [3.63, 3.8) is 0 Å². The second-order valence-corrected chi connectivity index (χ2v) is 5.32. The van der Waals surface area contributed by atoms with Crippen LogP contribution in [0.3, 0.4) is 0 Å². The van der Waals surface area contributed by atoms with Crippen molar-refractivity contribution in [2.24, 2.45) is 5.84 Å². The van der Waals surface area contributed by atoms with Crippen molar-refractivity contribution in [2.45, 2.75) is 13.3 Å². The van der Waals surface area contributed by atoms with E-state index in [-0.39, 0.29) is 0 Å². The summed E-state index contributed by atoms with van der Waals surface area (Å²) in [7, 11) is 3.72. The van der Waals surface area contributed by atoms with Crippen LogP contribution in [-0.2, 0) is 6.42 Å². The first-order valence-corrected chi connectivity index (χ1v) is 7.01. The van der Waals surface area contributed by atoms with Gasteiger partial charge in [-0.1, -0.05) is 0 Å². The maximum Gasteiger partial charge on any atom is 0.243 e. The van der Waals surface area contributed by atoms with Crippen LogP contribution in [0.15, 0.2) is 5.38 Å². The minimum atomic E-state index is 0.330. The molecule has 0 amide bonds. The van der Waals surface area contributed by atoms with Crippen LogP contribution in [0.1, 0.15) is 10.7 Å². The molecule has 2 aromatic rings. The van der Waals surface area contributed by atoms with Gasteiger partial charge in [0.25, 0.3) is 0 Å². The molecule has 20 heavy (non-hydrogen) atoms. The Morgan fingerprint density at radius 1 is 1.20 bits per heavy atom. The number of aryl methyl sites for hydroxylation is 1. The largest absolute Gasteiger partial charge is 0.354 e. The summed E-state index contributed by atoms with van der Waals surface area (Å²) in [4.78, 5) is 18.8. The van der Waals surface area contributed by atoms with Gasteiger partial charge in [-0.15, -0.1) is 11.3 Å². The topological polar surface area (TPSA) is 105 Å². The van der Waals surface area contributed by atoms with E-state index in [4.69, 9.17) is 5.84 Å². The minimum Gasteiger partial charge on any atom is -0.354 e. The Morgan fingerprint density at radius 3 is 2.55 bits per heavy atom. The van der Waals surface area contributed by atoms with E-state index >= 15 is 0 Å². The summed E-state index contributed by atoms with van der Waals surface area (Å²) in [5, 5.41) is 6.29. The van der Waals surface area contributed by atoms with Gasteiger partial charge in [-0.2, -0.15) is 15.0 Å². The van der Waals surface area contributed by atoms with E-state index in [9.17, 15) is 0 Å². The third-order valence-corrected chi connectivity index (χ3v) is 3.47. The average molecular weight is 294 g/mol. The fraction of sp³-hybridized carbons (Fsp3) is 0.455. The molecule has 0 spiro atoms. The summed E-state index contributed by atoms with van der Waals surface area (Å²) in [5.41, 5.74) is 3.49. The molecule has 9 heteroatoms. The van der Waals surface area contributed by atoms with E-state index < -0.39 is 0 Å². The first-order chi connectivity index (χ1) is 9.58. The summed E-state index contributed by atoms with van der Waals surface area (Å²) in [6.45, 7) is 2.69. The minimum absolute atomic E-state index is 0.330. The van der Waals surface area contributed by atoms with Gasteiger partial charge in [0, 0.05) is 38.1 Å². The number of rotatable bonds is 6. The lowest BCUT2D eigenvalue weighted by Gasteiger charge is -2.12. The smallest absolute Gasteiger partial charge is 0.243 e. The van der Waals surface area contributed by atoms with E-state index in [1.807, 2.05) is 26.4 Å². The van der Waals surface area contributed by atoms with Crippen molar-refractivity contribution >= 4 is 29.2 Å². The third-order valence-electron chi connectivity index (χ3n) is 2.44. The molecule has 2 rings (SSSR count). The van der Waals surface area contributed by atoms with E-state index in [1.54, 1.807) is 16.2 Å². The molecule has 0 saturated heterocycles. The molecule has 0 bridgehead atoms. The molecule has 2 heterocycles. The van der Waals surface area contributed by atoms with Crippen molar-refractivity contribution in [1.82, 2.24) is 19.9 Å². The Morgan fingerprint density at radius 2 is 1.95 bits per heavy atom. The number of anilines is 3. The second-order valence-electron chi connectivity index (χ2n) is 4.38. The summed E-state index contributed by atoms with van der Waals surface area (Å²) in [6.07, 6.45) is 0.826. The Balaban J connectivity index is 1.99. The van der Waals surface area contributed by atoms with Crippen LogP contribution in [0.5, 0.6) is 0 Å². The predicted molar refractivity (Wildman–Crippen MR) is 81.0 cm³/mol. The highest BCUT2D eigenvalue weighted by atomic mass is 32.1. The molecule has 0 aromatic carbocycles. The van der Waals surface area contributed by atoms with Gasteiger partial charge in [-0.25, -0.2) is 10.8 Å². The van der Waals surface area contributed by atoms with Crippen molar-refractivity contribution in [3.8, 4) is 0 Å². The van der Waals surface area contributed by atoms with Gasteiger partial charge in [-0.3, -0.25) is 5.43 Å². The van der Waals surface area contributed by atoms with Crippen LogP contribution in [0.4, 0.5) is 17.8 Å². The summed E-state index contributed by atoms with van der Waals surface area (Å²) in [5.74, 6) is 6.72. The third kappa shape index (κ3) is 3.75. The van der Waals surface area contributed by atoms with Crippen LogP contribution in [-0.4, -0.2) is 40.6 Å². The number of hydrazine groups is 1. The maximum absolute atomic E-state index is 5.35. The highest BCUT2D eigenvalue weighted by Gasteiger charge is 2.07. The van der Waals surface area contributed by atoms with Crippen molar-refractivity contribution < 1.29 is 0 Å². The standard InChI is InChI=1S/C11H18N8S/c1-7-6-20-8(14-7)4-5-13-9-15-10(18-12)17-11(16-9)19(2)3/h6H,4-5,12H2,1-3H3,(H2,13,15,16,17,18). The quantitative estimate of drug-likeness (QED) is 0.526. The Hall–Kier alpha value is -2.00. The number of aromatic nitrogens is 4. The van der Waals surface area contributed by atoms with Crippen LogP contribution in [0.2, 0.25) is 0 Å². The molecule has 0 aliphatic carbocycles. The number of nitrogens with zero attached hydrogens (tertiary/aromatic N) is 5. The fourth-order valence-corrected chi connectivity index (χ4v) is 2.28. The second kappa shape index (κ2) is 6.44. The van der Waals surface area contributed by atoms with Crippen molar-refractivity contribution in [2.75, 3.05) is 36.3 Å². The Bertz CT molecular complexity index is 567. The molecule has 8 nitrogen and oxygen atoms in total. The lowest BCUT2D eigenvalue weighted by molar-refractivity contribution is 0.921. The van der Waals surface area contributed by atoms with Gasteiger partial charge in [0.1, 0.15) is 0 Å². The normalized spacial score (nSPS) is 10.4. The number of nitrogens with one attached hydrogen (secondary N) is 2. The van der Waals surface area contributed by atoms with Gasteiger partial charge < -0.3 is 10.2 Å². The first kappa shape index (κ1) is 14.4. The van der Waals surface area contributed by atoms with Crippen LogP contribution >= 0.6 is 11.3 Å². The highest BCUT2D eigenvalue weighted by molar-refractivity contribution is 7.09. The average Bonchev–Trinajstić information content (AvgIpc) is 2.84. The van der Waals surface area contributed by atoms with Crippen LogP contribution < -0.4 is 21.5 Å². The van der Waals surface area contributed by atoms with Crippen LogP contribution in [0, 0.1) is 6.92 Å². The SMILES string of the molecule is Cc1csc(CCNc2nc(NN)nc(N(C)C)n2)n1. The number of hydrogen-bond acceptors (Lipinski definition) is 9. The highest BCUT2D eigenvalue weighted by Crippen LogP contribution is 2.12. The van der Waals surface area contributed by atoms with E-state index in [1.165, 1.54) is 0 Å². The van der Waals surface area contributed by atoms with E-state index in [0.29, 0.717) is 24.4 Å². The molecule has 4 N–H and O–H groups in total. The number of hydrogen-bond donors (Lipinski definition) is 3. The Labute approximate surface area is 121 Å². The molecule has 2 aromatic heterocycles. The van der Waals surface area contributed by atoms with E-state index in [0.717, 1.165) is 17.1 Å². The summed E-state index contributed by atoms with van der Waals surface area (Å²) < 4.78 is 0. The summed E-state index contributed by atoms with van der Waals surface area (Å²) >= 11 is 1.66. The molecular formula is C11H18N8S. The number of thiazole rings is 1. The van der Waals surface area contributed by atoms with Crippen molar-refractivity contribution in [3.05, 3.63) is 16.1 Å². The maximum atomic E-state index is 5.35. The van der Waals surface area contributed by atoms with Gasteiger partial charge in [0.2, 0.25) is 17.8 Å². The van der Waals surface area contributed by atoms with Gasteiger partial charge >= 0.3 is 0 Å². The number of nitrogens with two attached hydrogens (primary N) is 1. The molecule has 0 aliphatic heterocycles. The van der Waals surface area contributed by atoms with Gasteiger partial charge in [0.05, 0.1) is 5.01 Å². The number of nitrogen functional groups attached to an aromatic ring is 1. The van der Waals surface area contributed by atoms with Gasteiger partial charge in [0.15, 0.2) is 0 Å². The zero-order valence-corrected chi connectivity index (χ0v) is 12.5. The molecule has 0 radical (unpaired) electrons. The van der Waals surface area contributed by atoms with Crippen LogP contribution in [0.25, 0.3) is 0 Å². The lowest BCUT2D eigenvalue weighted by Crippen LogP contribution is -2.19. The van der Waals surface area contributed by atoms with Gasteiger partial charge in [-0.05, 0) is 6.92 Å². The van der Waals surface area contributed by atoms with Crippen molar-refractivity contribution in [1.29, 1.82) is 0 Å². The fourth-order valence-electron chi connectivity index (χ4n) is 1.51. The first-order valence-electron chi connectivity index (χ1n) is 6.13. The Kier molecular flexibility index (Phi) is 4.64. The molecular weight excluding hydrogens is 276 g/mol.